The van der Waals surface area contributed by atoms with Crippen molar-refractivity contribution in [2.24, 2.45) is 0 Å². The molecule has 1 aliphatic heterocycles. The highest BCUT2D eigenvalue weighted by Crippen LogP contribution is 2.30. The Balaban J connectivity index is 1.73. The van der Waals surface area contributed by atoms with Crippen molar-refractivity contribution >= 4 is 11.7 Å². The Kier molecular flexibility index (Phi) is 4.96. The van der Waals surface area contributed by atoms with Gasteiger partial charge in [-0.05, 0) is 37.1 Å². The van der Waals surface area contributed by atoms with E-state index in [9.17, 15) is 14.3 Å². The zero-order chi connectivity index (χ0) is 16.9. The standard InChI is InChI=1S/C18H19FN2O3/c19-13-5-3-7-15(11-13)24-17-9-2-1-8-16(17)20-18(23)21-10-4-6-14(22)12-21/h1-3,5,7-9,11,14,22H,4,6,10,12H2,(H,20,23). The van der Waals surface area contributed by atoms with E-state index in [4.69, 9.17) is 4.74 Å². The maximum atomic E-state index is 13.3. The molecule has 2 aromatic rings. The van der Waals surface area contributed by atoms with Crippen LogP contribution in [-0.4, -0.2) is 35.2 Å². The number of carbonyl (C=O) groups excluding carboxylic acids is 1. The summed E-state index contributed by atoms with van der Waals surface area (Å²) in [4.78, 5) is 13.9. The molecule has 1 aliphatic rings. The van der Waals surface area contributed by atoms with E-state index in [-0.39, 0.29) is 6.03 Å². The number of urea groups is 1. The summed E-state index contributed by atoms with van der Waals surface area (Å²) in [6, 6.07) is 12.5. The third-order valence-electron chi connectivity index (χ3n) is 3.84. The first kappa shape index (κ1) is 16.3. The number of amides is 2. The summed E-state index contributed by atoms with van der Waals surface area (Å²) in [7, 11) is 0. The molecule has 24 heavy (non-hydrogen) atoms. The minimum atomic E-state index is -0.483. The van der Waals surface area contributed by atoms with Gasteiger partial charge >= 0.3 is 6.03 Å². The van der Waals surface area contributed by atoms with Gasteiger partial charge in [-0.15, -0.1) is 0 Å². The van der Waals surface area contributed by atoms with Crippen LogP contribution in [0.2, 0.25) is 0 Å². The molecule has 6 heteroatoms. The molecule has 126 valence electrons. The highest BCUT2D eigenvalue weighted by atomic mass is 19.1. The van der Waals surface area contributed by atoms with E-state index in [1.807, 2.05) is 0 Å². The summed E-state index contributed by atoms with van der Waals surface area (Å²) in [5.74, 6) is 0.385. The van der Waals surface area contributed by atoms with Crippen LogP contribution in [0.25, 0.3) is 0 Å². The SMILES string of the molecule is O=C(Nc1ccccc1Oc1cccc(F)c1)N1CCCC(O)C1. The average Bonchev–Trinajstić information content (AvgIpc) is 2.57. The van der Waals surface area contributed by atoms with Gasteiger partial charge in [-0.1, -0.05) is 18.2 Å². The molecule has 1 atom stereocenters. The molecule has 1 saturated heterocycles. The molecule has 3 rings (SSSR count). The predicted molar refractivity (Wildman–Crippen MR) is 88.7 cm³/mol. The van der Waals surface area contributed by atoms with Crippen LogP contribution in [-0.2, 0) is 0 Å². The number of halogens is 1. The zero-order valence-electron chi connectivity index (χ0n) is 13.1. The van der Waals surface area contributed by atoms with Gasteiger partial charge in [-0.25, -0.2) is 9.18 Å². The Bertz CT molecular complexity index is 723. The van der Waals surface area contributed by atoms with Gasteiger partial charge in [0.05, 0.1) is 11.8 Å². The number of nitrogens with zero attached hydrogens (tertiary/aromatic N) is 1. The summed E-state index contributed by atoms with van der Waals surface area (Å²) in [5.41, 5.74) is 0.492. The van der Waals surface area contributed by atoms with Gasteiger partial charge in [-0.3, -0.25) is 0 Å². The molecule has 5 nitrogen and oxygen atoms in total. The first-order valence-electron chi connectivity index (χ1n) is 7.88. The summed E-state index contributed by atoms with van der Waals surface area (Å²) in [5, 5.41) is 12.5. The number of ether oxygens (including phenoxy) is 1. The van der Waals surface area contributed by atoms with E-state index in [0.29, 0.717) is 36.7 Å². The second kappa shape index (κ2) is 7.31. The molecule has 0 aromatic heterocycles. The normalized spacial score (nSPS) is 17.4. The second-order valence-electron chi connectivity index (χ2n) is 5.73. The van der Waals surface area contributed by atoms with Gasteiger partial charge in [0.2, 0.25) is 0 Å². The molecule has 0 radical (unpaired) electrons. The van der Waals surface area contributed by atoms with Crippen LogP contribution in [0.5, 0.6) is 11.5 Å². The van der Waals surface area contributed by atoms with Crippen LogP contribution >= 0.6 is 0 Å². The molecule has 2 aromatic carbocycles. The minimum absolute atomic E-state index is 0.288. The Labute approximate surface area is 139 Å². The third-order valence-corrected chi connectivity index (χ3v) is 3.84. The fraction of sp³-hybridized carbons (Fsp3) is 0.278. The van der Waals surface area contributed by atoms with Crippen molar-refractivity contribution in [3.05, 3.63) is 54.3 Å². The molecule has 2 N–H and O–H groups in total. The van der Waals surface area contributed by atoms with Crippen LogP contribution in [0.3, 0.4) is 0 Å². The van der Waals surface area contributed by atoms with Crippen LogP contribution in [0.15, 0.2) is 48.5 Å². The molecule has 1 unspecified atom stereocenters. The van der Waals surface area contributed by atoms with E-state index in [2.05, 4.69) is 5.32 Å². The number of para-hydroxylation sites is 2. The Morgan fingerprint density at radius 3 is 2.88 bits per heavy atom. The minimum Gasteiger partial charge on any atom is -0.455 e. The smallest absolute Gasteiger partial charge is 0.322 e. The number of carbonyl (C=O) groups is 1. The first-order chi connectivity index (χ1) is 11.6. The van der Waals surface area contributed by atoms with E-state index in [1.54, 1.807) is 41.3 Å². The maximum absolute atomic E-state index is 13.3. The lowest BCUT2D eigenvalue weighted by Gasteiger charge is -2.30. The topological polar surface area (TPSA) is 61.8 Å². The number of nitrogens with one attached hydrogen (secondary N) is 1. The Morgan fingerprint density at radius 1 is 1.25 bits per heavy atom. The van der Waals surface area contributed by atoms with Gasteiger partial charge in [0.1, 0.15) is 11.6 Å². The number of piperidine rings is 1. The molecule has 0 aliphatic carbocycles. The molecule has 2 amide bonds. The number of anilines is 1. The van der Waals surface area contributed by atoms with Gasteiger partial charge in [0.15, 0.2) is 5.75 Å². The highest BCUT2D eigenvalue weighted by Gasteiger charge is 2.22. The van der Waals surface area contributed by atoms with Crippen molar-refractivity contribution in [2.45, 2.75) is 18.9 Å². The molecule has 1 fully saturated rings. The summed E-state index contributed by atoms with van der Waals surface area (Å²) in [6.45, 7) is 0.925. The molecule has 0 saturated carbocycles. The van der Waals surface area contributed by atoms with Crippen molar-refractivity contribution < 1.29 is 19.0 Å². The summed E-state index contributed by atoms with van der Waals surface area (Å²) >= 11 is 0. The molecular formula is C18H19FN2O3. The molecular weight excluding hydrogens is 311 g/mol. The predicted octanol–water partition coefficient (Wildman–Crippen LogP) is 3.61. The van der Waals surface area contributed by atoms with Crippen LogP contribution in [0.4, 0.5) is 14.9 Å². The molecule has 1 heterocycles. The monoisotopic (exact) mass is 330 g/mol. The highest BCUT2D eigenvalue weighted by molar-refractivity contribution is 5.91. The zero-order valence-corrected chi connectivity index (χ0v) is 13.1. The van der Waals surface area contributed by atoms with Crippen LogP contribution in [0, 0.1) is 5.82 Å². The van der Waals surface area contributed by atoms with Gasteiger partial charge in [-0.2, -0.15) is 0 Å². The van der Waals surface area contributed by atoms with Crippen LogP contribution < -0.4 is 10.1 Å². The first-order valence-corrected chi connectivity index (χ1v) is 7.88. The molecule has 0 bridgehead atoms. The van der Waals surface area contributed by atoms with Crippen molar-refractivity contribution in [1.29, 1.82) is 0 Å². The van der Waals surface area contributed by atoms with Crippen molar-refractivity contribution in [2.75, 3.05) is 18.4 Å². The lowest BCUT2D eigenvalue weighted by Crippen LogP contribution is -2.44. The summed E-state index contributed by atoms with van der Waals surface area (Å²) < 4.78 is 19.0. The average molecular weight is 330 g/mol. The van der Waals surface area contributed by atoms with E-state index < -0.39 is 11.9 Å². The molecule has 0 spiro atoms. The lowest BCUT2D eigenvalue weighted by molar-refractivity contribution is 0.0883. The van der Waals surface area contributed by atoms with Gasteiger partial charge in [0, 0.05) is 19.2 Å². The van der Waals surface area contributed by atoms with E-state index in [1.165, 1.54) is 12.1 Å². The number of hydrogen-bond acceptors (Lipinski definition) is 3. The van der Waals surface area contributed by atoms with E-state index >= 15 is 0 Å². The number of rotatable bonds is 3. The Morgan fingerprint density at radius 2 is 2.08 bits per heavy atom. The van der Waals surface area contributed by atoms with Crippen molar-refractivity contribution in [1.82, 2.24) is 4.90 Å². The fourth-order valence-corrected chi connectivity index (χ4v) is 2.65. The fourth-order valence-electron chi connectivity index (χ4n) is 2.65. The second-order valence-corrected chi connectivity index (χ2v) is 5.73. The Hall–Kier alpha value is -2.60. The van der Waals surface area contributed by atoms with Crippen molar-refractivity contribution in [3.8, 4) is 11.5 Å². The largest absolute Gasteiger partial charge is 0.455 e. The number of β-amino-alcohol motifs (C(OH)–C–C–N with tert-alkyl or cyclic N) is 1. The number of hydrogen-bond donors (Lipinski definition) is 2. The third kappa shape index (κ3) is 4.02. The number of likely N-dealkylation sites (tertiary alicyclic amines) is 1. The number of benzene rings is 2. The van der Waals surface area contributed by atoms with Gasteiger partial charge in [0.25, 0.3) is 0 Å². The maximum Gasteiger partial charge on any atom is 0.322 e. The van der Waals surface area contributed by atoms with Crippen LogP contribution in [0.1, 0.15) is 12.8 Å². The van der Waals surface area contributed by atoms with Crippen molar-refractivity contribution in [3.63, 3.8) is 0 Å². The number of aliphatic hydroxyl groups excluding tert-OH is 1. The summed E-state index contributed by atoms with van der Waals surface area (Å²) in [6.07, 6.45) is 1.00. The van der Waals surface area contributed by atoms with Gasteiger partial charge < -0.3 is 20.1 Å². The van der Waals surface area contributed by atoms with E-state index in [0.717, 1.165) is 6.42 Å². The lowest BCUT2D eigenvalue weighted by atomic mass is 10.1. The number of aliphatic hydroxyl groups is 1. The quantitative estimate of drug-likeness (QED) is 0.904.